The molecule has 0 saturated carbocycles. The summed E-state index contributed by atoms with van der Waals surface area (Å²) in [6.07, 6.45) is 0.595. The first-order valence-electron chi connectivity index (χ1n) is 9.01. The van der Waals surface area contributed by atoms with Gasteiger partial charge in [-0.15, -0.1) is 0 Å². The van der Waals surface area contributed by atoms with Crippen LogP contribution >= 0.6 is 0 Å². The Morgan fingerprint density at radius 1 is 1.04 bits per heavy atom. The Labute approximate surface area is 152 Å². The minimum absolute atomic E-state index is 0.240. The second-order valence-electron chi connectivity index (χ2n) is 6.72. The van der Waals surface area contributed by atoms with Crippen LogP contribution in [0.5, 0.6) is 0 Å². The number of ketones is 1. The van der Waals surface area contributed by atoms with Crippen LogP contribution in [0.15, 0.2) is 60.8 Å². The molecule has 0 unspecified atom stereocenters. The van der Waals surface area contributed by atoms with Crippen LogP contribution in [0.3, 0.4) is 0 Å². The highest BCUT2D eigenvalue weighted by atomic mass is 16.5. The zero-order chi connectivity index (χ0) is 17.9. The van der Waals surface area contributed by atoms with Gasteiger partial charge in [-0.05, 0) is 6.07 Å². The summed E-state index contributed by atoms with van der Waals surface area (Å²) in [5.41, 5.74) is 2.42. The Balaban J connectivity index is 1.69. The quantitative estimate of drug-likeness (QED) is 0.608. The number of aliphatic hydroxyl groups is 1. The molecule has 1 saturated heterocycles. The second-order valence-corrected chi connectivity index (χ2v) is 6.72. The van der Waals surface area contributed by atoms with Gasteiger partial charge in [-0.1, -0.05) is 48.5 Å². The van der Waals surface area contributed by atoms with E-state index in [-0.39, 0.29) is 11.8 Å². The van der Waals surface area contributed by atoms with E-state index >= 15 is 0 Å². The molecule has 0 bridgehead atoms. The number of carbonyl (C=O) groups excluding carboxylic acids is 1. The number of morpholine rings is 1. The summed E-state index contributed by atoms with van der Waals surface area (Å²) in [7, 11) is 0. The molecule has 2 heterocycles. The predicted molar refractivity (Wildman–Crippen MR) is 99.3 cm³/mol. The Bertz CT molecular complexity index is 884. The van der Waals surface area contributed by atoms with Crippen molar-refractivity contribution in [3.63, 3.8) is 0 Å². The number of hydrogen-bond acceptors (Lipinski definition) is 3. The number of fused-ring (bicyclic) bond motifs is 1. The van der Waals surface area contributed by atoms with Crippen molar-refractivity contribution in [1.82, 2.24) is 4.98 Å². The first-order chi connectivity index (χ1) is 12.8. The zero-order valence-corrected chi connectivity index (χ0v) is 14.5. The number of aliphatic hydroxyl groups excluding tert-OH is 1. The summed E-state index contributed by atoms with van der Waals surface area (Å²) >= 11 is 0. The van der Waals surface area contributed by atoms with Gasteiger partial charge >= 0.3 is 0 Å². The first-order valence-corrected chi connectivity index (χ1v) is 9.01. The summed E-state index contributed by atoms with van der Waals surface area (Å²) in [5.74, 6) is -0.240. The van der Waals surface area contributed by atoms with Crippen molar-refractivity contribution < 1.29 is 19.5 Å². The van der Waals surface area contributed by atoms with Crippen LogP contribution in [0.1, 0.15) is 22.0 Å². The first kappa shape index (κ1) is 17.0. The molecule has 2 aromatic carbocycles. The van der Waals surface area contributed by atoms with Crippen molar-refractivity contribution in [2.24, 2.45) is 0 Å². The number of nitrogens with one attached hydrogen (secondary N) is 2. The third-order valence-corrected chi connectivity index (χ3v) is 5.17. The minimum atomic E-state index is -1.11. The number of para-hydroxylation sites is 1. The average molecular weight is 351 g/mol. The molecule has 5 heteroatoms. The largest absolute Gasteiger partial charge is 0.379 e. The molecule has 3 aromatic rings. The second kappa shape index (κ2) is 7.41. The van der Waals surface area contributed by atoms with Gasteiger partial charge in [0.1, 0.15) is 19.1 Å². The number of rotatable bonds is 5. The highest BCUT2D eigenvalue weighted by Gasteiger charge is 2.37. The van der Waals surface area contributed by atoms with Gasteiger partial charge in [0.15, 0.2) is 11.9 Å². The molecule has 2 atom stereocenters. The Morgan fingerprint density at radius 3 is 2.50 bits per heavy atom. The Morgan fingerprint density at radius 2 is 1.73 bits per heavy atom. The molecule has 0 spiro atoms. The van der Waals surface area contributed by atoms with Gasteiger partial charge < -0.3 is 19.7 Å². The van der Waals surface area contributed by atoms with Gasteiger partial charge in [0.25, 0.3) is 0 Å². The molecule has 1 aromatic heterocycles. The molecule has 1 aliphatic heterocycles. The molecular weight excluding hydrogens is 328 g/mol. The summed E-state index contributed by atoms with van der Waals surface area (Å²) in [6, 6.07) is 17.2. The molecule has 0 radical (unpaired) electrons. The van der Waals surface area contributed by atoms with Crippen LogP contribution < -0.4 is 4.90 Å². The van der Waals surface area contributed by atoms with Crippen molar-refractivity contribution in [3.05, 3.63) is 71.9 Å². The number of benzene rings is 2. The molecule has 1 fully saturated rings. The van der Waals surface area contributed by atoms with Gasteiger partial charge in [-0.2, -0.15) is 0 Å². The van der Waals surface area contributed by atoms with Gasteiger partial charge in [0.05, 0.1) is 13.2 Å². The monoisotopic (exact) mass is 351 g/mol. The number of aromatic amines is 1. The normalized spacial score (nSPS) is 17.9. The van der Waals surface area contributed by atoms with Crippen molar-refractivity contribution in [3.8, 4) is 0 Å². The van der Waals surface area contributed by atoms with E-state index in [2.05, 4.69) is 4.98 Å². The fourth-order valence-corrected chi connectivity index (χ4v) is 3.83. The average Bonchev–Trinajstić information content (AvgIpc) is 3.13. The topological polar surface area (TPSA) is 66.8 Å². The van der Waals surface area contributed by atoms with E-state index in [9.17, 15) is 9.90 Å². The molecule has 0 amide bonds. The van der Waals surface area contributed by atoms with Crippen LogP contribution in [-0.4, -0.2) is 48.3 Å². The van der Waals surface area contributed by atoms with E-state index in [0.717, 1.165) is 29.6 Å². The summed E-state index contributed by atoms with van der Waals surface area (Å²) < 4.78 is 5.46. The van der Waals surface area contributed by atoms with Gasteiger partial charge in [0.2, 0.25) is 0 Å². The number of Topliss-reactive ketones (excluding diaryl/α,β-unsaturated/α-hetero) is 1. The zero-order valence-electron chi connectivity index (χ0n) is 14.5. The highest BCUT2D eigenvalue weighted by Crippen LogP contribution is 2.23. The maximum absolute atomic E-state index is 13.2. The lowest BCUT2D eigenvalue weighted by atomic mass is 9.93. The lowest BCUT2D eigenvalue weighted by Crippen LogP contribution is -3.15. The van der Waals surface area contributed by atoms with Crippen LogP contribution in [0.4, 0.5) is 0 Å². The van der Waals surface area contributed by atoms with Gasteiger partial charge in [-0.25, -0.2) is 0 Å². The number of H-pyrrole nitrogens is 1. The third kappa shape index (κ3) is 3.17. The van der Waals surface area contributed by atoms with E-state index in [0.29, 0.717) is 18.8 Å². The third-order valence-electron chi connectivity index (χ3n) is 5.17. The fraction of sp³-hybridized carbons (Fsp3) is 0.286. The van der Waals surface area contributed by atoms with Crippen molar-refractivity contribution in [1.29, 1.82) is 0 Å². The number of hydrogen-bond donors (Lipinski definition) is 3. The van der Waals surface area contributed by atoms with E-state index in [1.54, 1.807) is 6.20 Å². The lowest BCUT2D eigenvalue weighted by molar-refractivity contribution is -0.941. The number of carbonyl (C=O) groups is 1. The summed E-state index contributed by atoms with van der Waals surface area (Å²) in [6.45, 7) is 2.84. The van der Waals surface area contributed by atoms with Crippen molar-refractivity contribution in [2.75, 3.05) is 26.3 Å². The SMILES string of the molecule is O=C(c1c[nH]c2ccccc12)[C@@H](O)[C@H](c1ccccc1)[NH+]1CCOCC1. The molecule has 26 heavy (non-hydrogen) atoms. The van der Waals surface area contributed by atoms with Crippen LogP contribution in [0, 0.1) is 0 Å². The molecule has 5 nitrogen and oxygen atoms in total. The number of ether oxygens (including phenoxy) is 1. The Kier molecular flexibility index (Phi) is 4.84. The smallest absolute Gasteiger partial charge is 0.199 e. The molecule has 0 aliphatic carbocycles. The molecule has 134 valence electrons. The maximum atomic E-state index is 13.2. The summed E-state index contributed by atoms with van der Waals surface area (Å²) in [5, 5.41) is 11.9. The van der Waals surface area contributed by atoms with Crippen LogP contribution in [0.25, 0.3) is 10.9 Å². The van der Waals surface area contributed by atoms with E-state index < -0.39 is 6.10 Å². The number of aromatic nitrogens is 1. The molecule has 3 N–H and O–H groups in total. The predicted octanol–water partition coefficient (Wildman–Crippen LogP) is 1.37. The van der Waals surface area contributed by atoms with Crippen LogP contribution in [0.2, 0.25) is 0 Å². The van der Waals surface area contributed by atoms with Crippen LogP contribution in [-0.2, 0) is 4.74 Å². The summed E-state index contributed by atoms with van der Waals surface area (Å²) in [4.78, 5) is 17.5. The van der Waals surface area contributed by atoms with E-state index in [1.165, 1.54) is 4.90 Å². The van der Waals surface area contributed by atoms with Gasteiger partial charge in [-0.3, -0.25) is 4.79 Å². The number of quaternary nitrogens is 1. The molecular formula is C21H23N2O3+. The Hall–Kier alpha value is -2.47. The maximum Gasteiger partial charge on any atom is 0.199 e. The van der Waals surface area contributed by atoms with Crippen molar-refractivity contribution in [2.45, 2.75) is 12.1 Å². The molecule has 4 rings (SSSR count). The minimum Gasteiger partial charge on any atom is -0.379 e. The fourth-order valence-electron chi connectivity index (χ4n) is 3.83. The lowest BCUT2D eigenvalue weighted by Gasteiger charge is -2.33. The van der Waals surface area contributed by atoms with Gasteiger partial charge in [0, 0.05) is 28.2 Å². The standard InChI is InChI=1S/C21H22N2O3/c24-20(17-14-22-18-9-5-4-8-16(17)18)21(25)19(15-6-2-1-3-7-15)23-10-12-26-13-11-23/h1-9,14,19,21-22,25H,10-13H2/p+1/t19-,21-/m0/s1. The van der Waals surface area contributed by atoms with Crippen molar-refractivity contribution >= 4 is 16.7 Å². The van der Waals surface area contributed by atoms with E-state index in [4.69, 9.17) is 4.74 Å². The molecule has 1 aliphatic rings. The highest BCUT2D eigenvalue weighted by molar-refractivity contribution is 6.10. The van der Waals surface area contributed by atoms with E-state index in [1.807, 2.05) is 54.6 Å².